The molecule has 2 aromatic heterocycles. The van der Waals surface area contributed by atoms with Crippen molar-refractivity contribution in [2.24, 2.45) is 0 Å². The maximum atomic E-state index is 6.57. The number of halogens is 3. The first-order valence-electron chi connectivity index (χ1n) is 11.6. The van der Waals surface area contributed by atoms with Gasteiger partial charge in [0.1, 0.15) is 5.60 Å². The molecule has 0 spiro atoms. The molecule has 0 fully saturated rings. The van der Waals surface area contributed by atoms with E-state index >= 15 is 0 Å². The zero-order valence-electron chi connectivity index (χ0n) is 20.4. The first kappa shape index (κ1) is 25.5. The summed E-state index contributed by atoms with van der Waals surface area (Å²) in [6, 6.07) is 22.7. The van der Waals surface area contributed by atoms with Crippen LogP contribution in [-0.4, -0.2) is 20.0 Å². The number of ether oxygens (including phenoxy) is 1. The molecule has 2 heterocycles. The van der Waals surface area contributed by atoms with Gasteiger partial charge in [-0.1, -0.05) is 77.3 Å². The molecule has 0 radical (unpaired) electrons. The van der Waals surface area contributed by atoms with Gasteiger partial charge in [-0.15, -0.1) is 10.2 Å². The third kappa shape index (κ3) is 5.29. The summed E-state index contributed by atoms with van der Waals surface area (Å²) in [7, 11) is 0. The van der Waals surface area contributed by atoms with Crippen LogP contribution in [-0.2, 0) is 16.9 Å². The third-order valence-corrected chi connectivity index (χ3v) is 6.75. The van der Waals surface area contributed by atoms with E-state index in [4.69, 9.17) is 49.1 Å². The Kier molecular flexibility index (Phi) is 7.10. The second-order valence-corrected chi connectivity index (χ2v) is 10.3. The summed E-state index contributed by atoms with van der Waals surface area (Å²) in [6.07, 6.45) is 0. The highest BCUT2D eigenvalue weighted by molar-refractivity contribution is 6.35. The number of rotatable bonds is 7. The Bertz CT molecular complexity index is 1540. The minimum atomic E-state index is -0.809. The summed E-state index contributed by atoms with van der Waals surface area (Å²) >= 11 is 18.9. The second-order valence-electron chi connectivity index (χ2n) is 9.03. The summed E-state index contributed by atoms with van der Waals surface area (Å²) in [5.74, 6) is 0.632. The fourth-order valence-electron chi connectivity index (χ4n) is 3.94. The number of hydrogen-bond donors (Lipinski definition) is 0. The Morgan fingerprint density at radius 2 is 1.59 bits per heavy atom. The van der Waals surface area contributed by atoms with E-state index in [0.717, 1.165) is 22.4 Å². The van der Waals surface area contributed by atoms with Crippen molar-refractivity contribution in [1.82, 2.24) is 20.0 Å². The predicted molar refractivity (Wildman–Crippen MR) is 146 cm³/mol. The van der Waals surface area contributed by atoms with Crippen LogP contribution in [0.3, 0.4) is 0 Å². The van der Waals surface area contributed by atoms with Gasteiger partial charge in [0.2, 0.25) is 5.89 Å². The van der Waals surface area contributed by atoms with E-state index in [1.165, 1.54) is 0 Å². The molecule has 0 aliphatic carbocycles. The SMILES string of the molecule is Cc1c(-c2nnc(C(C)(C)OCc3ccccc3)o2)nn(-c2ccc(Cl)cc2Cl)c1-c1ccc(Cl)cc1. The molecule has 0 saturated heterocycles. The molecule has 0 aliphatic rings. The van der Waals surface area contributed by atoms with Crippen LogP contribution in [0.25, 0.3) is 28.5 Å². The molecule has 0 amide bonds. The lowest BCUT2D eigenvalue weighted by atomic mass is 10.1. The van der Waals surface area contributed by atoms with Crippen molar-refractivity contribution in [3.63, 3.8) is 0 Å². The van der Waals surface area contributed by atoms with Crippen LogP contribution >= 0.6 is 34.8 Å². The van der Waals surface area contributed by atoms with Gasteiger partial charge in [-0.2, -0.15) is 5.10 Å². The molecule has 0 unspecified atom stereocenters. The Labute approximate surface area is 229 Å². The molecular weight excluding hydrogens is 531 g/mol. The van der Waals surface area contributed by atoms with Crippen molar-refractivity contribution >= 4 is 34.8 Å². The minimum absolute atomic E-state index is 0.280. The van der Waals surface area contributed by atoms with Crippen LogP contribution in [0, 0.1) is 6.92 Å². The van der Waals surface area contributed by atoms with Crippen molar-refractivity contribution in [2.75, 3.05) is 0 Å². The number of aromatic nitrogens is 4. The normalized spacial score (nSPS) is 11.7. The Morgan fingerprint density at radius 1 is 0.892 bits per heavy atom. The first-order chi connectivity index (χ1) is 17.7. The van der Waals surface area contributed by atoms with E-state index < -0.39 is 5.60 Å². The average Bonchev–Trinajstić information content (AvgIpc) is 3.50. The van der Waals surface area contributed by atoms with E-state index in [1.54, 1.807) is 16.8 Å². The smallest absolute Gasteiger partial charge is 0.268 e. The zero-order valence-corrected chi connectivity index (χ0v) is 22.6. The lowest BCUT2D eigenvalue weighted by Gasteiger charge is -2.21. The highest BCUT2D eigenvalue weighted by Gasteiger charge is 2.30. The average molecular weight is 554 g/mol. The van der Waals surface area contributed by atoms with Crippen molar-refractivity contribution in [3.05, 3.63) is 105 Å². The third-order valence-electron chi connectivity index (χ3n) is 5.96. The minimum Gasteiger partial charge on any atom is -0.416 e. The summed E-state index contributed by atoms with van der Waals surface area (Å²) in [4.78, 5) is 0. The molecule has 5 rings (SSSR count). The van der Waals surface area contributed by atoms with Gasteiger partial charge in [-0.25, -0.2) is 4.68 Å². The molecule has 3 aromatic carbocycles. The molecule has 188 valence electrons. The topological polar surface area (TPSA) is 66.0 Å². The Balaban J connectivity index is 1.55. The van der Waals surface area contributed by atoms with Crippen LogP contribution in [0.1, 0.15) is 30.9 Å². The van der Waals surface area contributed by atoms with E-state index in [2.05, 4.69) is 10.2 Å². The predicted octanol–water partition coefficient (Wildman–Crippen LogP) is 8.31. The van der Waals surface area contributed by atoms with Crippen LogP contribution in [0.4, 0.5) is 0 Å². The highest BCUT2D eigenvalue weighted by atomic mass is 35.5. The van der Waals surface area contributed by atoms with Crippen molar-refractivity contribution < 1.29 is 9.15 Å². The first-order valence-corrected chi connectivity index (χ1v) is 12.7. The van der Waals surface area contributed by atoms with Gasteiger partial charge < -0.3 is 9.15 Å². The van der Waals surface area contributed by atoms with Crippen molar-refractivity contribution in [1.29, 1.82) is 0 Å². The molecule has 6 nitrogen and oxygen atoms in total. The summed E-state index contributed by atoms with van der Waals surface area (Å²) in [5, 5.41) is 15.1. The van der Waals surface area contributed by atoms with Crippen LogP contribution in [0.5, 0.6) is 0 Å². The van der Waals surface area contributed by atoms with Gasteiger partial charge >= 0.3 is 0 Å². The molecule has 5 aromatic rings. The second kappa shape index (κ2) is 10.3. The molecule has 0 atom stereocenters. The molecule has 0 bridgehead atoms. The van der Waals surface area contributed by atoms with Gasteiger partial charge in [0.05, 0.1) is 23.0 Å². The van der Waals surface area contributed by atoms with Gasteiger partial charge in [0.15, 0.2) is 5.69 Å². The standard InChI is InChI=1S/C28H23Cl3N4O2/c1-17-24(26-32-33-27(37-26)28(2,3)36-16-18-7-5-4-6-8-18)34-35(23-14-13-21(30)15-22(23)31)25(17)19-9-11-20(29)12-10-19/h4-15H,16H2,1-3H3. The molecule has 9 heteroatoms. The molecular formula is C28H23Cl3N4O2. The zero-order chi connectivity index (χ0) is 26.2. The van der Waals surface area contributed by atoms with Crippen LogP contribution in [0.15, 0.2) is 77.2 Å². The van der Waals surface area contributed by atoms with E-state index in [1.807, 2.05) is 81.4 Å². The quantitative estimate of drug-likeness (QED) is 0.203. The van der Waals surface area contributed by atoms with Crippen molar-refractivity contribution in [2.45, 2.75) is 33.0 Å². The fourth-order valence-corrected chi connectivity index (χ4v) is 4.55. The maximum Gasteiger partial charge on any atom is 0.268 e. The lowest BCUT2D eigenvalue weighted by Crippen LogP contribution is -2.22. The summed E-state index contributed by atoms with van der Waals surface area (Å²) in [5.41, 5.74) is 4.00. The maximum absolute atomic E-state index is 6.57. The largest absolute Gasteiger partial charge is 0.416 e. The van der Waals surface area contributed by atoms with Gasteiger partial charge in [-0.05, 0) is 56.7 Å². The Hall–Kier alpha value is -3.16. The van der Waals surface area contributed by atoms with Gasteiger partial charge in [0.25, 0.3) is 5.89 Å². The molecule has 0 saturated carbocycles. The summed E-state index contributed by atoms with van der Waals surface area (Å²) in [6.45, 7) is 6.15. The Morgan fingerprint density at radius 3 is 2.30 bits per heavy atom. The molecule has 0 aliphatic heterocycles. The number of nitrogens with zero attached hydrogens (tertiary/aromatic N) is 4. The van der Waals surface area contributed by atoms with E-state index in [0.29, 0.717) is 38.9 Å². The van der Waals surface area contributed by atoms with Gasteiger partial charge in [0, 0.05) is 21.2 Å². The van der Waals surface area contributed by atoms with Crippen molar-refractivity contribution in [3.8, 4) is 28.5 Å². The van der Waals surface area contributed by atoms with Gasteiger partial charge in [-0.3, -0.25) is 0 Å². The van der Waals surface area contributed by atoms with Crippen LogP contribution in [0.2, 0.25) is 15.1 Å². The highest BCUT2D eigenvalue weighted by Crippen LogP contribution is 2.37. The lowest BCUT2D eigenvalue weighted by molar-refractivity contribution is -0.0516. The van der Waals surface area contributed by atoms with E-state index in [-0.39, 0.29) is 5.89 Å². The summed E-state index contributed by atoms with van der Waals surface area (Å²) < 4.78 is 14.0. The molecule has 0 N–H and O–H groups in total. The van der Waals surface area contributed by atoms with E-state index in [9.17, 15) is 0 Å². The van der Waals surface area contributed by atoms with Crippen LogP contribution < -0.4 is 0 Å². The molecule has 37 heavy (non-hydrogen) atoms. The number of benzene rings is 3. The monoisotopic (exact) mass is 552 g/mol. The number of hydrogen-bond acceptors (Lipinski definition) is 5. The fraction of sp³-hybridized carbons (Fsp3) is 0.179.